The number of nitrogens with two attached hydrogens (primary N) is 1. The molecule has 0 aliphatic heterocycles. The molecule has 1 heterocycles. The van der Waals surface area contributed by atoms with E-state index in [0.29, 0.717) is 11.4 Å². The van der Waals surface area contributed by atoms with Crippen molar-refractivity contribution in [1.82, 2.24) is 4.90 Å². The average Bonchev–Trinajstić information content (AvgIpc) is 2.69. The van der Waals surface area contributed by atoms with Gasteiger partial charge in [-0.3, -0.25) is 9.59 Å². The molecule has 2 amide bonds. The van der Waals surface area contributed by atoms with Gasteiger partial charge >= 0.3 is 0 Å². The van der Waals surface area contributed by atoms with E-state index >= 15 is 0 Å². The second-order valence-corrected chi connectivity index (χ2v) is 5.41. The van der Waals surface area contributed by atoms with Crippen molar-refractivity contribution in [1.29, 1.82) is 0 Å². The summed E-state index contributed by atoms with van der Waals surface area (Å²) in [6.45, 7) is 2.57. The van der Waals surface area contributed by atoms with Crippen molar-refractivity contribution in [2.75, 3.05) is 13.1 Å². The van der Waals surface area contributed by atoms with Gasteiger partial charge in [0.25, 0.3) is 5.91 Å². The van der Waals surface area contributed by atoms with Crippen LogP contribution < -0.4 is 5.73 Å². The molecule has 0 unspecified atom stereocenters. The molecule has 1 rings (SSSR count). The van der Waals surface area contributed by atoms with E-state index in [1.807, 2.05) is 18.4 Å². The van der Waals surface area contributed by atoms with Gasteiger partial charge in [-0.15, -0.1) is 11.3 Å². The van der Waals surface area contributed by atoms with Crippen LogP contribution in [0.5, 0.6) is 0 Å². The molecule has 94 valence electrons. The monoisotopic (exact) mass is 318 g/mol. The summed E-state index contributed by atoms with van der Waals surface area (Å²) in [5, 5.41) is 1.83. The molecular weight excluding hydrogens is 304 g/mol. The maximum Gasteiger partial charge on any atom is 0.265 e. The largest absolute Gasteiger partial charge is 0.368 e. The number of unbranched alkanes of at least 4 members (excludes halogenated alkanes) is 1. The smallest absolute Gasteiger partial charge is 0.265 e. The van der Waals surface area contributed by atoms with Gasteiger partial charge in [-0.25, -0.2) is 0 Å². The van der Waals surface area contributed by atoms with Crippen LogP contribution in [0.2, 0.25) is 0 Å². The Bertz CT molecular complexity index is 406. The molecule has 0 spiro atoms. The Morgan fingerprint density at radius 1 is 1.53 bits per heavy atom. The molecule has 4 nitrogen and oxygen atoms in total. The molecule has 1 aromatic heterocycles. The summed E-state index contributed by atoms with van der Waals surface area (Å²) in [4.78, 5) is 25.2. The second kappa shape index (κ2) is 6.76. The normalized spacial score (nSPS) is 10.2. The maximum absolute atomic E-state index is 12.2. The molecule has 0 radical (unpaired) electrons. The molecule has 17 heavy (non-hydrogen) atoms. The fraction of sp³-hybridized carbons (Fsp3) is 0.455. The van der Waals surface area contributed by atoms with E-state index in [9.17, 15) is 9.59 Å². The summed E-state index contributed by atoms with van der Waals surface area (Å²) in [6.07, 6.45) is 1.83. The second-order valence-electron chi connectivity index (χ2n) is 3.64. The van der Waals surface area contributed by atoms with Gasteiger partial charge in [-0.05, 0) is 33.8 Å². The summed E-state index contributed by atoms with van der Waals surface area (Å²) in [7, 11) is 0. The van der Waals surface area contributed by atoms with E-state index in [-0.39, 0.29) is 12.5 Å². The van der Waals surface area contributed by atoms with E-state index in [2.05, 4.69) is 15.9 Å². The molecule has 0 fully saturated rings. The highest BCUT2D eigenvalue weighted by atomic mass is 79.9. The highest BCUT2D eigenvalue weighted by Crippen LogP contribution is 2.24. The Morgan fingerprint density at radius 2 is 2.24 bits per heavy atom. The van der Waals surface area contributed by atoms with Crippen LogP contribution in [0.3, 0.4) is 0 Å². The van der Waals surface area contributed by atoms with Gasteiger partial charge in [0.1, 0.15) is 4.88 Å². The Hall–Kier alpha value is -0.880. The third-order valence-electron chi connectivity index (χ3n) is 2.23. The molecule has 0 saturated heterocycles. The lowest BCUT2D eigenvalue weighted by Crippen LogP contribution is -2.38. The van der Waals surface area contributed by atoms with Crippen molar-refractivity contribution in [3.05, 3.63) is 20.8 Å². The number of hydrogen-bond donors (Lipinski definition) is 1. The van der Waals surface area contributed by atoms with Crippen molar-refractivity contribution in [2.45, 2.75) is 19.8 Å². The van der Waals surface area contributed by atoms with E-state index in [0.717, 1.165) is 17.3 Å². The topological polar surface area (TPSA) is 63.4 Å². The minimum absolute atomic E-state index is 0.0246. The van der Waals surface area contributed by atoms with Crippen molar-refractivity contribution < 1.29 is 9.59 Å². The van der Waals surface area contributed by atoms with Crippen LogP contribution in [0.15, 0.2) is 15.9 Å². The van der Waals surface area contributed by atoms with Gasteiger partial charge in [-0.1, -0.05) is 13.3 Å². The number of hydrogen-bond acceptors (Lipinski definition) is 3. The highest BCUT2D eigenvalue weighted by Gasteiger charge is 2.20. The number of primary amides is 1. The number of thiophene rings is 1. The van der Waals surface area contributed by atoms with Gasteiger partial charge in [0, 0.05) is 11.0 Å². The van der Waals surface area contributed by atoms with Crippen LogP contribution in [0.4, 0.5) is 0 Å². The summed E-state index contributed by atoms with van der Waals surface area (Å²) >= 11 is 4.67. The summed E-state index contributed by atoms with van der Waals surface area (Å²) in [5.74, 6) is -0.624. The number of halogens is 1. The van der Waals surface area contributed by atoms with Crippen molar-refractivity contribution >= 4 is 39.1 Å². The van der Waals surface area contributed by atoms with Crippen LogP contribution in [0.25, 0.3) is 0 Å². The zero-order chi connectivity index (χ0) is 12.8. The fourth-order valence-electron chi connectivity index (χ4n) is 1.38. The molecule has 0 aromatic carbocycles. The zero-order valence-corrected chi connectivity index (χ0v) is 12.0. The standard InChI is InChI=1S/C11H15BrN2O2S/c1-2-3-5-14(7-9(13)15)11(16)10-8(12)4-6-17-10/h4,6H,2-3,5,7H2,1H3,(H2,13,15). The first kappa shape index (κ1) is 14.2. The SMILES string of the molecule is CCCCN(CC(N)=O)C(=O)c1sccc1Br. The first-order chi connectivity index (χ1) is 8.06. The molecule has 0 bridgehead atoms. The summed E-state index contributed by atoms with van der Waals surface area (Å²) in [5.41, 5.74) is 5.15. The summed E-state index contributed by atoms with van der Waals surface area (Å²) in [6, 6.07) is 1.82. The Kier molecular flexibility index (Phi) is 5.64. The van der Waals surface area contributed by atoms with Gasteiger partial charge in [0.05, 0.1) is 6.54 Å². The first-order valence-electron chi connectivity index (χ1n) is 5.36. The summed E-state index contributed by atoms with van der Waals surface area (Å²) < 4.78 is 0.762. The zero-order valence-electron chi connectivity index (χ0n) is 9.61. The van der Waals surface area contributed by atoms with Crippen LogP contribution >= 0.6 is 27.3 Å². The quantitative estimate of drug-likeness (QED) is 0.874. The van der Waals surface area contributed by atoms with E-state index in [1.54, 1.807) is 0 Å². The van der Waals surface area contributed by atoms with Crippen molar-refractivity contribution in [3.8, 4) is 0 Å². The first-order valence-corrected chi connectivity index (χ1v) is 7.04. The predicted molar refractivity (Wildman–Crippen MR) is 72.0 cm³/mol. The van der Waals surface area contributed by atoms with Gasteiger partial charge in [0.15, 0.2) is 0 Å². The lowest BCUT2D eigenvalue weighted by molar-refractivity contribution is -0.118. The van der Waals surface area contributed by atoms with Crippen LogP contribution in [0, 0.1) is 0 Å². The van der Waals surface area contributed by atoms with Gasteiger partial charge in [-0.2, -0.15) is 0 Å². The molecule has 0 atom stereocenters. The average molecular weight is 319 g/mol. The van der Waals surface area contributed by atoms with Crippen LogP contribution in [0.1, 0.15) is 29.4 Å². The minimum atomic E-state index is -0.484. The lowest BCUT2D eigenvalue weighted by atomic mass is 10.3. The van der Waals surface area contributed by atoms with Gasteiger partial charge < -0.3 is 10.6 Å². The van der Waals surface area contributed by atoms with Crippen LogP contribution in [-0.2, 0) is 4.79 Å². The predicted octanol–water partition coefficient (Wildman–Crippen LogP) is 2.24. The third-order valence-corrected chi connectivity index (χ3v) is 4.05. The molecule has 0 aliphatic carbocycles. The molecular formula is C11H15BrN2O2S. The number of amides is 2. The van der Waals surface area contributed by atoms with E-state index in [1.165, 1.54) is 16.2 Å². The number of carbonyl (C=O) groups excluding carboxylic acids is 2. The molecule has 6 heteroatoms. The third kappa shape index (κ3) is 4.12. The van der Waals surface area contributed by atoms with E-state index in [4.69, 9.17) is 5.73 Å². The molecule has 0 aliphatic rings. The number of rotatable bonds is 6. The fourth-order valence-corrected chi connectivity index (χ4v) is 2.89. The highest BCUT2D eigenvalue weighted by molar-refractivity contribution is 9.10. The number of carbonyl (C=O) groups is 2. The van der Waals surface area contributed by atoms with Gasteiger partial charge in [0.2, 0.25) is 5.91 Å². The minimum Gasteiger partial charge on any atom is -0.368 e. The maximum atomic E-state index is 12.2. The Labute approximate surface area is 113 Å². The Morgan fingerprint density at radius 3 is 2.71 bits per heavy atom. The Balaban J connectivity index is 2.78. The van der Waals surface area contributed by atoms with E-state index < -0.39 is 5.91 Å². The number of nitrogens with zero attached hydrogens (tertiary/aromatic N) is 1. The van der Waals surface area contributed by atoms with Crippen molar-refractivity contribution in [2.24, 2.45) is 5.73 Å². The van der Waals surface area contributed by atoms with Crippen LogP contribution in [-0.4, -0.2) is 29.8 Å². The molecule has 1 aromatic rings. The molecule has 0 saturated carbocycles. The van der Waals surface area contributed by atoms with Crippen molar-refractivity contribution in [3.63, 3.8) is 0 Å². The lowest BCUT2D eigenvalue weighted by Gasteiger charge is -2.20. The molecule has 2 N–H and O–H groups in total.